The predicted molar refractivity (Wildman–Crippen MR) is 103 cm³/mol. The van der Waals surface area contributed by atoms with Gasteiger partial charge in [-0.15, -0.1) is 10.2 Å². The molecule has 0 unspecified atom stereocenters. The standard InChI is InChI=1S/C19H25ClN4O3/c1-12(2)27-18-14(20)9-13(10-15(18)26-3)19(25)21-11-17-23-22-16-7-5-4-6-8-24(16)17/h9-10,12H,4-8,11H2,1-3H3,(H,21,25). The number of aryl methyl sites for hydroxylation is 1. The maximum atomic E-state index is 12.6. The molecule has 0 atom stereocenters. The van der Waals surface area contributed by atoms with Gasteiger partial charge in [-0.1, -0.05) is 18.0 Å². The van der Waals surface area contributed by atoms with Crippen LogP contribution in [0.25, 0.3) is 0 Å². The zero-order valence-corrected chi connectivity index (χ0v) is 16.7. The lowest BCUT2D eigenvalue weighted by Crippen LogP contribution is -2.25. The van der Waals surface area contributed by atoms with Gasteiger partial charge in [0, 0.05) is 18.5 Å². The summed E-state index contributed by atoms with van der Waals surface area (Å²) >= 11 is 6.30. The van der Waals surface area contributed by atoms with Gasteiger partial charge in [0.05, 0.1) is 24.8 Å². The number of methoxy groups -OCH3 is 1. The highest BCUT2D eigenvalue weighted by Gasteiger charge is 2.19. The van der Waals surface area contributed by atoms with Crippen LogP contribution in [0.3, 0.4) is 0 Å². The smallest absolute Gasteiger partial charge is 0.251 e. The van der Waals surface area contributed by atoms with Crippen LogP contribution in [-0.4, -0.2) is 33.9 Å². The van der Waals surface area contributed by atoms with E-state index in [9.17, 15) is 4.79 Å². The molecule has 3 rings (SSSR count). The molecule has 0 saturated carbocycles. The van der Waals surface area contributed by atoms with Gasteiger partial charge in [-0.05, 0) is 38.8 Å². The van der Waals surface area contributed by atoms with Crippen LogP contribution in [0.1, 0.15) is 55.1 Å². The second-order valence-electron chi connectivity index (χ2n) is 6.83. The van der Waals surface area contributed by atoms with Crippen LogP contribution in [0.5, 0.6) is 11.5 Å². The number of amides is 1. The lowest BCUT2D eigenvalue weighted by Gasteiger charge is -2.16. The van der Waals surface area contributed by atoms with Crippen molar-refractivity contribution in [3.63, 3.8) is 0 Å². The van der Waals surface area contributed by atoms with E-state index < -0.39 is 0 Å². The molecule has 0 fully saturated rings. The highest BCUT2D eigenvalue weighted by molar-refractivity contribution is 6.32. The lowest BCUT2D eigenvalue weighted by molar-refractivity contribution is 0.0949. The van der Waals surface area contributed by atoms with Crippen molar-refractivity contribution in [3.05, 3.63) is 34.4 Å². The monoisotopic (exact) mass is 392 g/mol. The van der Waals surface area contributed by atoms with E-state index in [1.165, 1.54) is 13.5 Å². The molecule has 0 spiro atoms. The first kappa shape index (κ1) is 19.5. The molecule has 1 aromatic carbocycles. The number of carbonyl (C=O) groups excluding carboxylic acids is 1. The first-order valence-electron chi connectivity index (χ1n) is 9.23. The molecule has 1 N–H and O–H groups in total. The number of halogens is 1. The quantitative estimate of drug-likeness (QED) is 0.815. The number of rotatable bonds is 6. The zero-order chi connectivity index (χ0) is 19.4. The molecule has 0 bridgehead atoms. The van der Waals surface area contributed by atoms with Crippen LogP contribution in [0.4, 0.5) is 0 Å². The maximum Gasteiger partial charge on any atom is 0.251 e. The van der Waals surface area contributed by atoms with Crippen molar-refractivity contribution in [2.24, 2.45) is 0 Å². The van der Waals surface area contributed by atoms with E-state index >= 15 is 0 Å². The second kappa shape index (κ2) is 8.61. The summed E-state index contributed by atoms with van der Waals surface area (Å²) in [6.45, 7) is 5.01. The molecule has 7 nitrogen and oxygen atoms in total. The van der Waals surface area contributed by atoms with Crippen LogP contribution in [0.15, 0.2) is 12.1 Å². The van der Waals surface area contributed by atoms with Gasteiger partial charge in [-0.2, -0.15) is 0 Å². The van der Waals surface area contributed by atoms with Gasteiger partial charge in [0.25, 0.3) is 5.91 Å². The summed E-state index contributed by atoms with van der Waals surface area (Å²) in [5.41, 5.74) is 0.406. The Morgan fingerprint density at radius 2 is 2.11 bits per heavy atom. The van der Waals surface area contributed by atoms with E-state index in [-0.39, 0.29) is 12.0 Å². The summed E-state index contributed by atoms with van der Waals surface area (Å²) in [6, 6.07) is 3.21. The van der Waals surface area contributed by atoms with E-state index in [0.717, 1.165) is 37.5 Å². The van der Waals surface area contributed by atoms with Crippen molar-refractivity contribution >= 4 is 17.5 Å². The number of carbonyl (C=O) groups is 1. The van der Waals surface area contributed by atoms with Gasteiger partial charge in [0.1, 0.15) is 5.82 Å². The average Bonchev–Trinajstić information content (AvgIpc) is 2.87. The molecular formula is C19H25ClN4O3. The highest BCUT2D eigenvalue weighted by atomic mass is 35.5. The molecule has 2 aromatic rings. The van der Waals surface area contributed by atoms with Crippen molar-refractivity contribution < 1.29 is 14.3 Å². The van der Waals surface area contributed by atoms with E-state index in [1.807, 2.05) is 13.8 Å². The molecule has 0 saturated heterocycles. The topological polar surface area (TPSA) is 78.3 Å². The molecular weight excluding hydrogens is 368 g/mol. The van der Waals surface area contributed by atoms with Crippen LogP contribution < -0.4 is 14.8 Å². The largest absolute Gasteiger partial charge is 0.493 e. The third-order valence-corrected chi connectivity index (χ3v) is 4.72. The average molecular weight is 393 g/mol. The molecule has 1 amide bonds. The minimum Gasteiger partial charge on any atom is -0.493 e. The Morgan fingerprint density at radius 1 is 1.30 bits per heavy atom. The van der Waals surface area contributed by atoms with Crippen LogP contribution in [0.2, 0.25) is 5.02 Å². The first-order chi connectivity index (χ1) is 13.0. The van der Waals surface area contributed by atoms with Gasteiger partial charge in [0.2, 0.25) is 0 Å². The highest BCUT2D eigenvalue weighted by Crippen LogP contribution is 2.37. The summed E-state index contributed by atoms with van der Waals surface area (Å²) < 4.78 is 13.1. The number of ether oxygens (including phenoxy) is 2. The minimum atomic E-state index is -0.253. The molecule has 1 aromatic heterocycles. The first-order valence-corrected chi connectivity index (χ1v) is 9.60. The Kier molecular flexibility index (Phi) is 6.21. The molecule has 0 radical (unpaired) electrons. The minimum absolute atomic E-state index is 0.0562. The predicted octanol–water partition coefficient (Wildman–Crippen LogP) is 3.38. The molecule has 2 heterocycles. The Bertz CT molecular complexity index is 820. The number of fused-ring (bicyclic) bond motifs is 1. The fraction of sp³-hybridized carbons (Fsp3) is 0.526. The van der Waals surface area contributed by atoms with Crippen molar-refractivity contribution in [2.45, 2.75) is 58.7 Å². The Hall–Kier alpha value is -2.28. The number of nitrogens with one attached hydrogen (secondary N) is 1. The zero-order valence-electron chi connectivity index (χ0n) is 15.9. The van der Waals surface area contributed by atoms with Crippen LogP contribution >= 0.6 is 11.6 Å². The van der Waals surface area contributed by atoms with Gasteiger partial charge in [-0.25, -0.2) is 0 Å². The van der Waals surface area contributed by atoms with Crippen molar-refractivity contribution in [3.8, 4) is 11.5 Å². The second-order valence-corrected chi connectivity index (χ2v) is 7.24. The molecule has 1 aliphatic rings. The van der Waals surface area contributed by atoms with E-state index in [2.05, 4.69) is 20.1 Å². The molecule has 0 aliphatic carbocycles. The third-order valence-electron chi connectivity index (χ3n) is 4.44. The van der Waals surface area contributed by atoms with Gasteiger partial charge in [0.15, 0.2) is 17.3 Å². The summed E-state index contributed by atoms with van der Waals surface area (Å²) in [5, 5.41) is 11.7. The Balaban J connectivity index is 1.73. The summed E-state index contributed by atoms with van der Waals surface area (Å²) in [6.07, 6.45) is 4.31. The molecule has 146 valence electrons. The molecule has 8 heteroatoms. The fourth-order valence-corrected chi connectivity index (χ4v) is 3.39. The Morgan fingerprint density at radius 3 is 2.85 bits per heavy atom. The van der Waals surface area contributed by atoms with Crippen molar-refractivity contribution in [2.75, 3.05) is 7.11 Å². The van der Waals surface area contributed by atoms with Crippen LogP contribution in [-0.2, 0) is 19.5 Å². The number of benzene rings is 1. The van der Waals surface area contributed by atoms with Crippen molar-refractivity contribution in [1.82, 2.24) is 20.1 Å². The number of hydrogen-bond acceptors (Lipinski definition) is 5. The van der Waals surface area contributed by atoms with E-state index in [0.29, 0.717) is 28.6 Å². The summed E-state index contributed by atoms with van der Waals surface area (Å²) in [5.74, 6) is 2.39. The normalized spacial score (nSPS) is 13.8. The summed E-state index contributed by atoms with van der Waals surface area (Å²) in [4.78, 5) is 12.6. The Labute approximate surface area is 164 Å². The van der Waals surface area contributed by atoms with Gasteiger partial charge < -0.3 is 19.4 Å². The van der Waals surface area contributed by atoms with E-state index in [4.69, 9.17) is 21.1 Å². The van der Waals surface area contributed by atoms with Gasteiger partial charge in [-0.3, -0.25) is 4.79 Å². The van der Waals surface area contributed by atoms with Crippen LogP contribution in [0, 0.1) is 0 Å². The van der Waals surface area contributed by atoms with E-state index in [1.54, 1.807) is 12.1 Å². The number of nitrogens with zero attached hydrogens (tertiary/aromatic N) is 3. The van der Waals surface area contributed by atoms with Crippen molar-refractivity contribution in [1.29, 1.82) is 0 Å². The van der Waals surface area contributed by atoms with Gasteiger partial charge >= 0.3 is 0 Å². The SMILES string of the molecule is COc1cc(C(=O)NCc2nnc3n2CCCCC3)cc(Cl)c1OC(C)C. The fourth-order valence-electron chi connectivity index (χ4n) is 3.14. The molecule has 27 heavy (non-hydrogen) atoms. The number of hydrogen-bond donors (Lipinski definition) is 1. The third kappa shape index (κ3) is 4.53. The maximum absolute atomic E-state index is 12.6. The molecule has 1 aliphatic heterocycles. The number of aromatic nitrogens is 3. The summed E-state index contributed by atoms with van der Waals surface area (Å²) in [7, 11) is 1.52. The lowest BCUT2D eigenvalue weighted by atomic mass is 10.2.